The maximum atomic E-state index is 13.3. The van der Waals surface area contributed by atoms with E-state index in [0.717, 1.165) is 24.2 Å². The van der Waals surface area contributed by atoms with Gasteiger partial charge < -0.3 is 19.7 Å². The van der Waals surface area contributed by atoms with E-state index < -0.39 is 0 Å². The van der Waals surface area contributed by atoms with Gasteiger partial charge in [-0.15, -0.1) is 0 Å². The second-order valence-corrected chi connectivity index (χ2v) is 8.64. The van der Waals surface area contributed by atoms with Gasteiger partial charge >= 0.3 is 6.03 Å². The number of nitrogens with zero attached hydrogens (tertiary/aromatic N) is 3. The summed E-state index contributed by atoms with van der Waals surface area (Å²) in [7, 11) is 1.98. The van der Waals surface area contributed by atoms with E-state index in [9.17, 15) is 9.59 Å². The molecule has 1 atom stereocenters. The van der Waals surface area contributed by atoms with Crippen LogP contribution in [0.25, 0.3) is 0 Å². The van der Waals surface area contributed by atoms with Crippen LogP contribution in [0.15, 0.2) is 42.6 Å². The molecule has 0 spiro atoms. The molecule has 0 bridgehead atoms. The van der Waals surface area contributed by atoms with Crippen LogP contribution < -0.4 is 5.32 Å². The molecule has 0 radical (unpaired) electrons. The average Bonchev–Trinajstić information content (AvgIpc) is 3.15. The smallest absolute Gasteiger partial charge is 0.322 e. The number of rotatable bonds is 10. The Morgan fingerprint density at radius 2 is 1.74 bits per heavy atom. The highest BCUT2D eigenvalue weighted by Gasteiger charge is 2.25. The minimum atomic E-state index is -0.240. The molecule has 170 valence electrons. The molecule has 1 N–H and O–H groups in total. The first-order valence-corrected chi connectivity index (χ1v) is 11.3. The number of carbonyl (C=O) groups excluding carboxylic acids is 2. The van der Waals surface area contributed by atoms with Crippen LogP contribution in [0.3, 0.4) is 0 Å². The molecule has 0 aliphatic carbocycles. The van der Waals surface area contributed by atoms with Crippen LogP contribution >= 0.6 is 0 Å². The molecule has 1 heterocycles. The zero-order chi connectivity index (χ0) is 23.0. The van der Waals surface area contributed by atoms with Crippen molar-refractivity contribution in [2.45, 2.75) is 60.0 Å². The standard InChI is InChI=1S/C25H38N4O2/c1-7-20(5)29(25(31)26-22-13-11-21(8-2)12-14-22)18-24(30)28(16-19(3)4)17-23-10-9-15-27(23)6/h9-15,19-20H,7-8,16-18H2,1-6H3,(H,26,31). The summed E-state index contributed by atoms with van der Waals surface area (Å²) in [6, 6.07) is 11.6. The molecule has 0 aliphatic heterocycles. The maximum absolute atomic E-state index is 13.3. The van der Waals surface area contributed by atoms with Crippen molar-refractivity contribution in [3.8, 4) is 0 Å². The number of anilines is 1. The topological polar surface area (TPSA) is 57.6 Å². The van der Waals surface area contributed by atoms with Gasteiger partial charge in [0, 0.05) is 37.2 Å². The number of hydrogen-bond donors (Lipinski definition) is 1. The quantitative estimate of drug-likeness (QED) is 0.587. The zero-order valence-electron chi connectivity index (χ0n) is 19.9. The molecule has 0 aliphatic rings. The Morgan fingerprint density at radius 1 is 1.06 bits per heavy atom. The molecule has 2 aromatic rings. The third kappa shape index (κ3) is 7.16. The van der Waals surface area contributed by atoms with E-state index in [1.54, 1.807) is 4.90 Å². The van der Waals surface area contributed by atoms with Crippen molar-refractivity contribution in [3.05, 3.63) is 53.9 Å². The first-order chi connectivity index (χ1) is 14.7. The third-order valence-electron chi connectivity index (χ3n) is 5.65. The molecule has 1 aromatic heterocycles. The predicted molar refractivity (Wildman–Crippen MR) is 127 cm³/mol. The van der Waals surface area contributed by atoms with E-state index in [2.05, 4.69) is 26.1 Å². The van der Waals surface area contributed by atoms with Crippen molar-refractivity contribution in [2.24, 2.45) is 13.0 Å². The molecule has 3 amide bonds. The summed E-state index contributed by atoms with van der Waals surface area (Å²) in [6.45, 7) is 11.6. The van der Waals surface area contributed by atoms with Crippen LogP contribution in [0.1, 0.15) is 52.3 Å². The van der Waals surface area contributed by atoms with Crippen molar-refractivity contribution < 1.29 is 9.59 Å². The van der Waals surface area contributed by atoms with Gasteiger partial charge in [-0.3, -0.25) is 4.79 Å². The molecule has 0 saturated heterocycles. The van der Waals surface area contributed by atoms with E-state index in [1.165, 1.54) is 5.56 Å². The molecule has 1 unspecified atom stereocenters. The fraction of sp³-hybridized carbons (Fsp3) is 0.520. The summed E-state index contributed by atoms with van der Waals surface area (Å²) in [4.78, 5) is 29.8. The number of amides is 3. The molecule has 6 heteroatoms. The number of hydrogen-bond acceptors (Lipinski definition) is 2. The van der Waals surface area contributed by atoms with Gasteiger partial charge in [0.1, 0.15) is 6.54 Å². The largest absolute Gasteiger partial charge is 0.353 e. The van der Waals surface area contributed by atoms with Crippen LogP contribution in [0, 0.1) is 5.92 Å². The van der Waals surface area contributed by atoms with E-state index in [4.69, 9.17) is 0 Å². The van der Waals surface area contributed by atoms with Crippen LogP contribution in [-0.2, 0) is 24.8 Å². The molecule has 0 saturated carbocycles. The zero-order valence-corrected chi connectivity index (χ0v) is 19.9. The maximum Gasteiger partial charge on any atom is 0.322 e. The van der Waals surface area contributed by atoms with Crippen molar-refractivity contribution >= 4 is 17.6 Å². The molecular weight excluding hydrogens is 388 g/mol. The monoisotopic (exact) mass is 426 g/mol. The Balaban J connectivity index is 2.14. The van der Waals surface area contributed by atoms with E-state index in [0.29, 0.717) is 19.0 Å². The fourth-order valence-electron chi connectivity index (χ4n) is 3.46. The Labute approximate surface area is 187 Å². The fourth-order valence-corrected chi connectivity index (χ4v) is 3.46. The number of aryl methyl sites for hydroxylation is 2. The van der Waals surface area contributed by atoms with Crippen LogP contribution in [-0.4, -0.2) is 45.4 Å². The highest BCUT2D eigenvalue weighted by atomic mass is 16.2. The number of aromatic nitrogens is 1. The predicted octanol–water partition coefficient (Wildman–Crippen LogP) is 4.90. The number of carbonyl (C=O) groups is 2. The molecule has 1 aromatic carbocycles. The SMILES string of the molecule is CCc1ccc(NC(=O)N(CC(=O)N(Cc2cccn2C)CC(C)C)C(C)CC)cc1. The highest BCUT2D eigenvalue weighted by molar-refractivity contribution is 5.92. The van der Waals surface area contributed by atoms with Crippen molar-refractivity contribution in [1.82, 2.24) is 14.4 Å². The summed E-state index contributed by atoms with van der Waals surface area (Å²) in [5.41, 5.74) is 3.03. The lowest BCUT2D eigenvalue weighted by atomic mass is 10.1. The van der Waals surface area contributed by atoms with Gasteiger partial charge in [0.05, 0.1) is 6.54 Å². The lowest BCUT2D eigenvalue weighted by molar-refractivity contribution is -0.133. The van der Waals surface area contributed by atoms with Crippen LogP contribution in [0.4, 0.5) is 10.5 Å². The summed E-state index contributed by atoms with van der Waals surface area (Å²) in [5, 5.41) is 2.96. The lowest BCUT2D eigenvalue weighted by Gasteiger charge is -2.32. The summed E-state index contributed by atoms with van der Waals surface area (Å²) >= 11 is 0. The Kier molecular flexibility index (Phi) is 9.16. The molecule has 0 fully saturated rings. The van der Waals surface area contributed by atoms with Gasteiger partial charge in [-0.05, 0) is 55.5 Å². The summed E-state index contributed by atoms with van der Waals surface area (Å²) in [6.07, 6.45) is 3.71. The second-order valence-electron chi connectivity index (χ2n) is 8.64. The van der Waals surface area contributed by atoms with E-state index in [1.807, 2.05) is 73.0 Å². The Hall–Kier alpha value is -2.76. The third-order valence-corrected chi connectivity index (χ3v) is 5.65. The van der Waals surface area contributed by atoms with Gasteiger partial charge in [0.15, 0.2) is 0 Å². The summed E-state index contributed by atoms with van der Waals surface area (Å²) in [5.74, 6) is 0.304. The molecule has 31 heavy (non-hydrogen) atoms. The minimum absolute atomic E-state index is 0.0355. The second kappa shape index (κ2) is 11.6. The van der Waals surface area contributed by atoms with Crippen molar-refractivity contribution in [1.29, 1.82) is 0 Å². The van der Waals surface area contributed by atoms with Crippen molar-refractivity contribution in [2.75, 3.05) is 18.4 Å². The molecular formula is C25H38N4O2. The van der Waals surface area contributed by atoms with Crippen LogP contribution in [0.2, 0.25) is 0 Å². The number of benzene rings is 1. The Morgan fingerprint density at radius 3 is 2.26 bits per heavy atom. The van der Waals surface area contributed by atoms with Gasteiger partial charge in [-0.25, -0.2) is 4.79 Å². The highest BCUT2D eigenvalue weighted by Crippen LogP contribution is 2.15. The molecule has 2 rings (SSSR count). The van der Waals surface area contributed by atoms with Gasteiger partial charge in [0.2, 0.25) is 5.91 Å². The number of nitrogens with one attached hydrogen (secondary N) is 1. The first kappa shape index (κ1) is 24.5. The Bertz CT molecular complexity index is 841. The normalized spacial score (nSPS) is 12.0. The van der Waals surface area contributed by atoms with Crippen molar-refractivity contribution in [3.63, 3.8) is 0 Å². The van der Waals surface area contributed by atoms with Gasteiger partial charge in [-0.1, -0.05) is 39.8 Å². The average molecular weight is 427 g/mol. The molecule has 6 nitrogen and oxygen atoms in total. The van der Waals surface area contributed by atoms with E-state index >= 15 is 0 Å². The van der Waals surface area contributed by atoms with Crippen LogP contribution in [0.5, 0.6) is 0 Å². The van der Waals surface area contributed by atoms with E-state index in [-0.39, 0.29) is 24.5 Å². The minimum Gasteiger partial charge on any atom is -0.353 e. The first-order valence-electron chi connectivity index (χ1n) is 11.3. The number of urea groups is 1. The van der Waals surface area contributed by atoms with Gasteiger partial charge in [0.25, 0.3) is 0 Å². The lowest BCUT2D eigenvalue weighted by Crippen LogP contribution is -2.48. The van der Waals surface area contributed by atoms with Gasteiger partial charge in [-0.2, -0.15) is 0 Å². The summed E-state index contributed by atoms with van der Waals surface area (Å²) < 4.78 is 2.03.